The fraction of sp³-hybridized carbons (Fsp3) is 0.217. The van der Waals surface area contributed by atoms with E-state index in [1.807, 2.05) is 72.8 Å². The maximum Gasteiger partial charge on any atom is 0.119 e. The minimum Gasteiger partial charge on any atom is -0.497 e. The van der Waals surface area contributed by atoms with Crippen LogP contribution in [0.5, 0.6) is 11.5 Å². The number of rotatable bonds is 8. The molecule has 6 heteroatoms. The summed E-state index contributed by atoms with van der Waals surface area (Å²) >= 11 is 12.2. The van der Waals surface area contributed by atoms with Crippen molar-refractivity contribution in [1.29, 1.82) is 0 Å². The van der Waals surface area contributed by atoms with E-state index >= 15 is 0 Å². The van der Waals surface area contributed by atoms with Gasteiger partial charge in [-0.1, -0.05) is 23.2 Å². The summed E-state index contributed by atoms with van der Waals surface area (Å²) in [5, 5.41) is 12.2. The molecule has 0 spiro atoms. The van der Waals surface area contributed by atoms with E-state index in [9.17, 15) is 5.11 Å². The molecule has 3 aromatic rings. The molecule has 0 amide bonds. The van der Waals surface area contributed by atoms with Crippen LogP contribution in [0.15, 0.2) is 82.6 Å². The molecular weight excluding hydrogens is 427 g/mol. The Labute approximate surface area is 183 Å². The maximum absolute atomic E-state index is 10.8. The molecule has 0 aliphatic rings. The predicted molar refractivity (Wildman–Crippen MR) is 122 cm³/mol. The minimum atomic E-state index is -1.51. The summed E-state index contributed by atoms with van der Waals surface area (Å²) in [6.07, 6.45) is 1.55. The van der Waals surface area contributed by atoms with E-state index in [0.717, 1.165) is 15.5 Å². The van der Waals surface area contributed by atoms with Crippen molar-refractivity contribution < 1.29 is 14.6 Å². The van der Waals surface area contributed by atoms with Crippen molar-refractivity contribution in [3.05, 3.63) is 82.8 Å². The number of halogens is 2. The second kappa shape index (κ2) is 9.77. The highest BCUT2D eigenvalue weighted by molar-refractivity contribution is 8.33. The van der Waals surface area contributed by atoms with Gasteiger partial charge in [-0.2, -0.15) is 10.0 Å². The van der Waals surface area contributed by atoms with Crippen molar-refractivity contribution in [3.8, 4) is 11.5 Å². The Balaban J connectivity index is 1.78. The Kier molecular flexibility index (Phi) is 7.36. The zero-order chi connectivity index (χ0) is 20.9. The van der Waals surface area contributed by atoms with Gasteiger partial charge in [-0.25, -0.2) is 0 Å². The third kappa shape index (κ3) is 5.61. The molecule has 0 radical (unpaired) electrons. The number of aliphatic hydroxyl groups excluding tert-OH is 1. The van der Waals surface area contributed by atoms with Gasteiger partial charge in [0.2, 0.25) is 0 Å². The minimum absolute atomic E-state index is 0.204. The van der Waals surface area contributed by atoms with Crippen molar-refractivity contribution in [3.63, 3.8) is 0 Å². The first-order chi connectivity index (χ1) is 13.9. The quantitative estimate of drug-likeness (QED) is 0.437. The standard InChI is InChI=1S/C23H24Cl2O3S/c1-27-20-7-9-21(10-8-20)28-15-19(26)16-29(2,22-11-3-17(24)4-12-22)23-13-5-18(25)6-14-23/h3-14,19,26H,15-16H2,1-2H3. The molecule has 3 rings (SSSR count). The fourth-order valence-electron chi connectivity index (χ4n) is 3.10. The Morgan fingerprint density at radius 3 is 1.69 bits per heavy atom. The van der Waals surface area contributed by atoms with Gasteiger partial charge in [0, 0.05) is 15.8 Å². The van der Waals surface area contributed by atoms with Gasteiger partial charge >= 0.3 is 0 Å². The normalized spacial score (nSPS) is 13.0. The van der Waals surface area contributed by atoms with E-state index in [0.29, 0.717) is 21.5 Å². The molecule has 0 aliphatic heterocycles. The van der Waals surface area contributed by atoms with Crippen LogP contribution < -0.4 is 9.47 Å². The van der Waals surface area contributed by atoms with Crippen LogP contribution in [0.1, 0.15) is 0 Å². The Morgan fingerprint density at radius 1 is 0.793 bits per heavy atom. The summed E-state index contributed by atoms with van der Waals surface area (Å²) in [7, 11) is 0.110. The monoisotopic (exact) mass is 450 g/mol. The van der Waals surface area contributed by atoms with E-state index < -0.39 is 16.1 Å². The lowest BCUT2D eigenvalue weighted by Gasteiger charge is -2.38. The van der Waals surface area contributed by atoms with E-state index in [1.165, 1.54) is 0 Å². The van der Waals surface area contributed by atoms with Gasteiger partial charge in [0.15, 0.2) is 0 Å². The molecule has 1 N–H and O–H groups in total. The van der Waals surface area contributed by atoms with Crippen LogP contribution in [-0.4, -0.2) is 36.9 Å². The number of ether oxygens (including phenoxy) is 2. The Hall–Kier alpha value is -1.85. The number of benzene rings is 3. The van der Waals surface area contributed by atoms with Gasteiger partial charge < -0.3 is 14.6 Å². The molecule has 0 heterocycles. The van der Waals surface area contributed by atoms with E-state index in [1.54, 1.807) is 7.11 Å². The average molecular weight is 451 g/mol. The van der Waals surface area contributed by atoms with Gasteiger partial charge in [0.05, 0.1) is 13.2 Å². The van der Waals surface area contributed by atoms with Crippen LogP contribution in [0, 0.1) is 0 Å². The Bertz CT molecular complexity index is 867. The third-order valence-electron chi connectivity index (χ3n) is 4.70. The molecule has 154 valence electrons. The zero-order valence-corrected chi connectivity index (χ0v) is 18.7. The number of hydrogen-bond acceptors (Lipinski definition) is 3. The van der Waals surface area contributed by atoms with E-state index in [2.05, 4.69) is 6.26 Å². The van der Waals surface area contributed by atoms with E-state index in [-0.39, 0.29) is 6.61 Å². The molecule has 3 nitrogen and oxygen atoms in total. The summed E-state index contributed by atoms with van der Waals surface area (Å²) in [5.74, 6) is 2.02. The average Bonchev–Trinajstić information content (AvgIpc) is 2.73. The van der Waals surface area contributed by atoms with Gasteiger partial charge in [0.1, 0.15) is 18.1 Å². The summed E-state index contributed by atoms with van der Waals surface area (Å²) in [4.78, 5) is 2.29. The van der Waals surface area contributed by atoms with Gasteiger partial charge in [0.25, 0.3) is 0 Å². The fourth-order valence-corrected chi connectivity index (χ4v) is 6.34. The second-order valence-electron chi connectivity index (χ2n) is 6.80. The topological polar surface area (TPSA) is 38.7 Å². The second-order valence-corrected chi connectivity index (χ2v) is 11.1. The lowest BCUT2D eigenvalue weighted by atomic mass is 10.3. The number of hydrogen-bond donors (Lipinski definition) is 1. The van der Waals surface area contributed by atoms with E-state index in [4.69, 9.17) is 32.7 Å². The first kappa shape index (κ1) is 21.8. The van der Waals surface area contributed by atoms with Crippen molar-refractivity contribution in [1.82, 2.24) is 0 Å². The maximum atomic E-state index is 10.8. The molecule has 1 atom stereocenters. The highest BCUT2D eigenvalue weighted by atomic mass is 35.5. The smallest absolute Gasteiger partial charge is 0.119 e. The number of aliphatic hydroxyl groups is 1. The van der Waals surface area contributed by atoms with Crippen LogP contribution in [0.3, 0.4) is 0 Å². The molecule has 0 saturated carbocycles. The molecular formula is C23H24Cl2O3S. The first-order valence-corrected chi connectivity index (χ1v) is 12.1. The van der Waals surface area contributed by atoms with Crippen LogP contribution in [-0.2, 0) is 0 Å². The highest BCUT2D eigenvalue weighted by Crippen LogP contribution is 2.60. The lowest BCUT2D eigenvalue weighted by Crippen LogP contribution is -2.25. The molecule has 3 aromatic carbocycles. The lowest BCUT2D eigenvalue weighted by molar-refractivity contribution is 0.125. The molecule has 0 aromatic heterocycles. The van der Waals surface area contributed by atoms with Gasteiger partial charge in [-0.3, -0.25) is 0 Å². The molecule has 1 unspecified atom stereocenters. The van der Waals surface area contributed by atoms with Crippen molar-refractivity contribution in [2.24, 2.45) is 0 Å². The van der Waals surface area contributed by atoms with Gasteiger partial charge in [-0.05, 0) is 88.8 Å². The van der Waals surface area contributed by atoms with Crippen LogP contribution >= 0.6 is 33.2 Å². The van der Waals surface area contributed by atoms with Crippen molar-refractivity contribution in [2.75, 3.05) is 25.7 Å². The SMILES string of the molecule is COc1ccc(OCC(O)CS(C)(c2ccc(Cl)cc2)c2ccc(Cl)cc2)cc1. The first-order valence-electron chi connectivity index (χ1n) is 9.13. The molecule has 0 bridgehead atoms. The summed E-state index contributed by atoms with van der Waals surface area (Å²) in [6.45, 7) is 0.204. The van der Waals surface area contributed by atoms with Crippen LogP contribution in [0.2, 0.25) is 10.0 Å². The molecule has 0 aliphatic carbocycles. The molecule has 29 heavy (non-hydrogen) atoms. The van der Waals surface area contributed by atoms with Crippen molar-refractivity contribution >= 4 is 33.2 Å². The van der Waals surface area contributed by atoms with Crippen LogP contribution in [0.4, 0.5) is 0 Å². The Morgan fingerprint density at radius 2 is 1.24 bits per heavy atom. The van der Waals surface area contributed by atoms with Gasteiger partial charge in [-0.15, -0.1) is 0 Å². The molecule has 0 fully saturated rings. The summed E-state index contributed by atoms with van der Waals surface area (Å²) in [5.41, 5.74) is 0. The predicted octanol–water partition coefficient (Wildman–Crippen LogP) is 6.29. The third-order valence-corrected chi connectivity index (χ3v) is 8.88. The molecule has 0 saturated heterocycles. The highest BCUT2D eigenvalue weighted by Gasteiger charge is 2.27. The largest absolute Gasteiger partial charge is 0.497 e. The van der Waals surface area contributed by atoms with Crippen molar-refractivity contribution in [2.45, 2.75) is 15.9 Å². The van der Waals surface area contributed by atoms with Crippen LogP contribution in [0.25, 0.3) is 0 Å². The number of methoxy groups -OCH3 is 1. The summed E-state index contributed by atoms with van der Waals surface area (Å²) < 4.78 is 10.9. The summed E-state index contributed by atoms with van der Waals surface area (Å²) in [6, 6.07) is 23.0. The zero-order valence-electron chi connectivity index (χ0n) is 16.3.